The van der Waals surface area contributed by atoms with Gasteiger partial charge in [-0.15, -0.1) is 22.7 Å². The van der Waals surface area contributed by atoms with E-state index in [1.165, 1.54) is 12.5 Å². The lowest BCUT2D eigenvalue weighted by Crippen LogP contribution is -2.48. The first kappa shape index (κ1) is 24.2. The number of hydrogen-bond donors (Lipinski definition) is 0. The van der Waals surface area contributed by atoms with Crippen molar-refractivity contribution in [3.8, 4) is 0 Å². The summed E-state index contributed by atoms with van der Waals surface area (Å²) in [6, 6.07) is 18.1. The molecule has 2 heterocycles. The number of nitrogens with zero attached hydrogens (tertiary/aromatic N) is 2. The SMILES string of the molecule is CC(=O)N(C)[C@@H](CCC[CH]Cc1ccccc1)C(=O)N(Cc1cccs1)Cc1cccs1. The van der Waals surface area contributed by atoms with Crippen molar-refractivity contribution in [1.29, 1.82) is 0 Å². The Labute approximate surface area is 199 Å². The van der Waals surface area contributed by atoms with E-state index in [1.807, 2.05) is 33.9 Å². The van der Waals surface area contributed by atoms with Gasteiger partial charge in [-0.3, -0.25) is 9.59 Å². The number of hydrogen-bond acceptors (Lipinski definition) is 4. The molecule has 32 heavy (non-hydrogen) atoms. The summed E-state index contributed by atoms with van der Waals surface area (Å²) in [5.74, 6) is -0.0589. The smallest absolute Gasteiger partial charge is 0.246 e. The third kappa shape index (κ3) is 7.31. The first-order valence-corrected chi connectivity index (χ1v) is 12.7. The fourth-order valence-corrected chi connectivity index (χ4v) is 5.08. The van der Waals surface area contributed by atoms with E-state index in [2.05, 4.69) is 42.8 Å². The van der Waals surface area contributed by atoms with Crippen LogP contribution in [0.15, 0.2) is 65.4 Å². The number of rotatable bonds is 12. The fourth-order valence-electron chi connectivity index (χ4n) is 3.64. The highest BCUT2D eigenvalue weighted by Crippen LogP contribution is 2.21. The normalized spacial score (nSPS) is 11.8. The molecule has 0 aliphatic heterocycles. The summed E-state index contributed by atoms with van der Waals surface area (Å²) in [4.78, 5) is 31.6. The van der Waals surface area contributed by atoms with Crippen LogP contribution in [0.5, 0.6) is 0 Å². The average Bonchev–Trinajstić information content (AvgIpc) is 3.50. The molecule has 0 fully saturated rings. The second kappa shape index (κ2) is 12.6. The molecule has 0 saturated heterocycles. The maximum atomic E-state index is 13.7. The molecule has 0 unspecified atom stereocenters. The van der Waals surface area contributed by atoms with Crippen molar-refractivity contribution in [2.45, 2.75) is 51.7 Å². The van der Waals surface area contributed by atoms with Gasteiger partial charge in [-0.2, -0.15) is 0 Å². The van der Waals surface area contributed by atoms with Crippen LogP contribution in [0.4, 0.5) is 0 Å². The molecule has 2 aromatic heterocycles. The van der Waals surface area contributed by atoms with Crippen molar-refractivity contribution < 1.29 is 9.59 Å². The van der Waals surface area contributed by atoms with Gasteiger partial charge in [0.15, 0.2) is 0 Å². The van der Waals surface area contributed by atoms with E-state index in [4.69, 9.17) is 0 Å². The van der Waals surface area contributed by atoms with E-state index in [9.17, 15) is 9.59 Å². The average molecular weight is 468 g/mol. The Kier molecular flexibility index (Phi) is 9.50. The Hall–Kier alpha value is -2.44. The van der Waals surface area contributed by atoms with Crippen molar-refractivity contribution in [3.63, 3.8) is 0 Å². The van der Waals surface area contributed by atoms with Crippen LogP contribution in [0.1, 0.15) is 41.5 Å². The van der Waals surface area contributed by atoms with Crippen LogP contribution in [-0.2, 0) is 29.1 Å². The molecule has 0 N–H and O–H groups in total. The first-order valence-electron chi connectivity index (χ1n) is 11.0. The van der Waals surface area contributed by atoms with Gasteiger partial charge in [0.1, 0.15) is 6.04 Å². The minimum atomic E-state index is -0.447. The molecular formula is C26H31N2O2S2. The molecule has 0 aliphatic carbocycles. The molecule has 0 aliphatic rings. The quantitative estimate of drug-likeness (QED) is 0.316. The summed E-state index contributed by atoms with van der Waals surface area (Å²) in [5.41, 5.74) is 1.29. The molecule has 1 radical (unpaired) electrons. The van der Waals surface area contributed by atoms with Crippen molar-refractivity contribution in [3.05, 3.63) is 87.1 Å². The predicted molar refractivity (Wildman–Crippen MR) is 133 cm³/mol. The second-order valence-electron chi connectivity index (χ2n) is 7.91. The second-order valence-corrected chi connectivity index (χ2v) is 9.97. The molecule has 3 aromatic rings. The largest absolute Gasteiger partial charge is 0.334 e. The van der Waals surface area contributed by atoms with E-state index in [0.717, 1.165) is 29.0 Å². The Bertz CT molecular complexity index is 903. The Morgan fingerprint density at radius 3 is 2.09 bits per heavy atom. The van der Waals surface area contributed by atoms with Gasteiger partial charge in [-0.1, -0.05) is 48.9 Å². The van der Waals surface area contributed by atoms with Crippen LogP contribution in [0.25, 0.3) is 0 Å². The molecule has 0 bridgehead atoms. The zero-order valence-corrected chi connectivity index (χ0v) is 20.4. The Morgan fingerprint density at radius 1 is 0.938 bits per heavy atom. The number of carbonyl (C=O) groups excluding carboxylic acids is 2. The first-order chi connectivity index (χ1) is 15.5. The molecule has 6 heteroatoms. The topological polar surface area (TPSA) is 40.6 Å². The van der Waals surface area contributed by atoms with Crippen LogP contribution in [-0.4, -0.2) is 34.7 Å². The summed E-state index contributed by atoms with van der Waals surface area (Å²) in [5, 5.41) is 4.07. The van der Waals surface area contributed by atoms with Crippen LogP contribution >= 0.6 is 22.7 Å². The summed E-state index contributed by atoms with van der Waals surface area (Å²) in [6.45, 7) is 2.66. The van der Waals surface area contributed by atoms with Gasteiger partial charge in [-0.05, 0) is 54.1 Å². The van der Waals surface area contributed by atoms with Gasteiger partial charge >= 0.3 is 0 Å². The van der Waals surface area contributed by atoms with Gasteiger partial charge < -0.3 is 9.80 Å². The number of carbonyl (C=O) groups is 2. The van der Waals surface area contributed by atoms with Crippen molar-refractivity contribution in [1.82, 2.24) is 9.80 Å². The van der Waals surface area contributed by atoms with Crippen molar-refractivity contribution >= 4 is 34.5 Å². The van der Waals surface area contributed by atoms with Crippen molar-refractivity contribution in [2.24, 2.45) is 0 Å². The third-order valence-corrected chi connectivity index (χ3v) is 7.25. The van der Waals surface area contributed by atoms with E-state index in [0.29, 0.717) is 19.5 Å². The minimum Gasteiger partial charge on any atom is -0.334 e. The highest BCUT2D eigenvalue weighted by molar-refractivity contribution is 7.10. The molecule has 3 rings (SSSR count). The third-order valence-electron chi connectivity index (χ3n) is 5.52. The molecule has 1 atom stereocenters. The number of likely N-dealkylation sites (N-methyl/N-ethyl adjacent to an activating group) is 1. The molecule has 4 nitrogen and oxygen atoms in total. The number of benzene rings is 1. The monoisotopic (exact) mass is 467 g/mol. The van der Waals surface area contributed by atoms with E-state index < -0.39 is 6.04 Å². The predicted octanol–water partition coefficient (Wildman–Crippen LogP) is 5.80. The highest BCUT2D eigenvalue weighted by atomic mass is 32.1. The molecule has 169 valence electrons. The van der Waals surface area contributed by atoms with E-state index in [-0.39, 0.29) is 11.8 Å². The Morgan fingerprint density at radius 2 is 1.56 bits per heavy atom. The number of amides is 2. The standard InChI is InChI=1S/C26H31N2O2S2/c1-21(29)27(2)25(16-8-4-7-13-22-11-5-3-6-12-22)26(30)28(19-23-14-9-17-31-23)20-24-15-10-18-32-24/h3,5-7,9-12,14-15,17-18,25H,4,8,13,16,19-20H2,1-2H3/t25-/m0/s1. The van der Waals surface area contributed by atoms with Crippen molar-refractivity contribution in [2.75, 3.05) is 7.05 Å². The lowest BCUT2D eigenvalue weighted by molar-refractivity contribution is -0.144. The molecule has 1 aromatic carbocycles. The summed E-state index contributed by atoms with van der Waals surface area (Å²) < 4.78 is 0. The molecular weight excluding hydrogens is 436 g/mol. The lowest BCUT2D eigenvalue weighted by Gasteiger charge is -2.32. The Balaban J connectivity index is 1.64. The van der Waals surface area contributed by atoms with Gasteiger partial charge in [0.25, 0.3) is 0 Å². The van der Waals surface area contributed by atoms with Gasteiger partial charge in [0.05, 0.1) is 13.1 Å². The fraction of sp³-hybridized carbons (Fsp3) is 0.346. The maximum Gasteiger partial charge on any atom is 0.246 e. The molecule has 2 amide bonds. The van der Waals surface area contributed by atoms with Crippen LogP contribution < -0.4 is 0 Å². The van der Waals surface area contributed by atoms with E-state index >= 15 is 0 Å². The molecule has 0 spiro atoms. The number of unbranched alkanes of at least 4 members (excludes halogenated alkanes) is 2. The highest BCUT2D eigenvalue weighted by Gasteiger charge is 2.29. The summed E-state index contributed by atoms with van der Waals surface area (Å²) >= 11 is 3.31. The zero-order valence-electron chi connectivity index (χ0n) is 18.8. The summed E-state index contributed by atoms with van der Waals surface area (Å²) in [7, 11) is 1.74. The van der Waals surface area contributed by atoms with Crippen LogP contribution in [0, 0.1) is 6.42 Å². The summed E-state index contributed by atoms with van der Waals surface area (Å²) in [6.07, 6.45) is 5.63. The number of thiophene rings is 2. The van der Waals surface area contributed by atoms with Gasteiger partial charge in [0, 0.05) is 23.7 Å². The van der Waals surface area contributed by atoms with E-state index in [1.54, 1.807) is 34.6 Å². The molecule has 0 saturated carbocycles. The van der Waals surface area contributed by atoms with Crippen LogP contribution in [0.2, 0.25) is 0 Å². The zero-order chi connectivity index (χ0) is 22.8. The lowest BCUT2D eigenvalue weighted by atomic mass is 10.0. The van der Waals surface area contributed by atoms with Crippen LogP contribution in [0.3, 0.4) is 0 Å². The maximum absolute atomic E-state index is 13.7. The van der Waals surface area contributed by atoms with Gasteiger partial charge in [-0.25, -0.2) is 0 Å². The van der Waals surface area contributed by atoms with Gasteiger partial charge in [0.2, 0.25) is 11.8 Å². The minimum absolute atomic E-state index is 0.0209.